The van der Waals surface area contributed by atoms with Crippen LogP contribution in [0.15, 0.2) is 18.5 Å². The largest absolute Gasteiger partial charge is 0.444 e. The molecule has 0 unspecified atom stereocenters. The monoisotopic (exact) mass is 320 g/mol. The Morgan fingerprint density at radius 1 is 1.47 bits per heavy atom. The summed E-state index contributed by atoms with van der Waals surface area (Å²) >= 11 is 2.13. The molecule has 15 heavy (non-hydrogen) atoms. The van der Waals surface area contributed by atoms with Gasteiger partial charge < -0.3 is 4.74 Å². The summed E-state index contributed by atoms with van der Waals surface area (Å²) in [6, 6.07) is 1.82. The van der Waals surface area contributed by atoms with E-state index in [1.807, 2.05) is 26.8 Å². The van der Waals surface area contributed by atoms with Crippen LogP contribution in [0, 0.1) is 3.57 Å². The Morgan fingerprint density at radius 3 is 2.67 bits per heavy atom. The second-order valence-electron chi connectivity index (χ2n) is 4.02. The standard InChI is InChI=1S/C10H13IN2O2/c1-10(2,3)15-9(14)13-8-4-7(11)5-12-6-8/h4-6H,1-3H3,(H,13,14). The van der Waals surface area contributed by atoms with Crippen molar-refractivity contribution in [1.82, 2.24) is 4.98 Å². The molecule has 0 atom stereocenters. The van der Waals surface area contributed by atoms with E-state index < -0.39 is 11.7 Å². The van der Waals surface area contributed by atoms with E-state index in [4.69, 9.17) is 4.74 Å². The molecular formula is C10H13IN2O2. The minimum atomic E-state index is -0.487. The molecule has 1 rings (SSSR count). The predicted molar refractivity (Wildman–Crippen MR) is 66.8 cm³/mol. The van der Waals surface area contributed by atoms with Crippen molar-refractivity contribution >= 4 is 34.4 Å². The zero-order valence-corrected chi connectivity index (χ0v) is 11.0. The van der Waals surface area contributed by atoms with E-state index in [1.165, 1.54) is 0 Å². The zero-order chi connectivity index (χ0) is 11.5. The van der Waals surface area contributed by atoms with Gasteiger partial charge >= 0.3 is 6.09 Å². The van der Waals surface area contributed by atoms with Crippen molar-refractivity contribution in [3.63, 3.8) is 0 Å². The van der Waals surface area contributed by atoms with Crippen LogP contribution in [-0.2, 0) is 4.74 Å². The van der Waals surface area contributed by atoms with Crippen LogP contribution in [0.2, 0.25) is 0 Å². The highest BCUT2D eigenvalue weighted by Crippen LogP contribution is 2.13. The first-order chi connectivity index (χ1) is 6.87. The van der Waals surface area contributed by atoms with E-state index in [-0.39, 0.29) is 0 Å². The summed E-state index contributed by atoms with van der Waals surface area (Å²) < 4.78 is 6.06. The lowest BCUT2D eigenvalue weighted by Gasteiger charge is -2.19. The summed E-state index contributed by atoms with van der Waals surface area (Å²) in [6.07, 6.45) is 2.82. The van der Waals surface area contributed by atoms with Crippen LogP contribution in [0.3, 0.4) is 0 Å². The highest BCUT2D eigenvalue weighted by molar-refractivity contribution is 14.1. The van der Waals surface area contributed by atoms with Crippen molar-refractivity contribution in [2.75, 3.05) is 5.32 Å². The third-order valence-corrected chi connectivity index (χ3v) is 1.94. The molecule has 1 aromatic heterocycles. The van der Waals surface area contributed by atoms with Crippen molar-refractivity contribution in [1.29, 1.82) is 0 Å². The van der Waals surface area contributed by atoms with Gasteiger partial charge in [-0.3, -0.25) is 10.3 Å². The first kappa shape index (κ1) is 12.2. The number of aromatic nitrogens is 1. The topological polar surface area (TPSA) is 51.2 Å². The summed E-state index contributed by atoms with van der Waals surface area (Å²) in [7, 11) is 0. The van der Waals surface area contributed by atoms with E-state index in [9.17, 15) is 4.79 Å². The minimum Gasteiger partial charge on any atom is -0.444 e. The summed E-state index contributed by atoms with van der Waals surface area (Å²) in [4.78, 5) is 15.3. The number of nitrogens with one attached hydrogen (secondary N) is 1. The summed E-state index contributed by atoms with van der Waals surface area (Å²) in [5.41, 5.74) is 0.149. The molecule has 0 saturated heterocycles. The Balaban J connectivity index is 2.59. The molecule has 0 aromatic carbocycles. The maximum atomic E-state index is 11.4. The van der Waals surface area contributed by atoms with Gasteiger partial charge in [0.15, 0.2) is 0 Å². The first-order valence-electron chi connectivity index (χ1n) is 4.47. The van der Waals surface area contributed by atoms with Crippen molar-refractivity contribution in [2.45, 2.75) is 26.4 Å². The molecule has 0 fully saturated rings. The second-order valence-corrected chi connectivity index (χ2v) is 5.26. The number of amides is 1. The van der Waals surface area contributed by atoms with Crippen LogP contribution in [0.5, 0.6) is 0 Å². The molecule has 0 radical (unpaired) electrons. The number of rotatable bonds is 1. The Labute approximate surface area is 103 Å². The van der Waals surface area contributed by atoms with Crippen molar-refractivity contribution in [3.05, 3.63) is 22.0 Å². The maximum Gasteiger partial charge on any atom is 0.412 e. The first-order valence-corrected chi connectivity index (χ1v) is 5.55. The Kier molecular flexibility index (Phi) is 3.90. The molecule has 0 aliphatic heterocycles. The summed E-state index contributed by atoms with van der Waals surface area (Å²) in [6.45, 7) is 5.46. The molecule has 1 heterocycles. The predicted octanol–water partition coefficient (Wildman–Crippen LogP) is 3.03. The highest BCUT2D eigenvalue weighted by atomic mass is 127. The van der Waals surface area contributed by atoms with E-state index in [0.29, 0.717) is 5.69 Å². The minimum absolute atomic E-state index is 0.466. The molecule has 1 aromatic rings. The Hall–Kier alpha value is -0.850. The van der Waals surface area contributed by atoms with Crippen LogP contribution >= 0.6 is 22.6 Å². The van der Waals surface area contributed by atoms with Crippen LogP contribution < -0.4 is 5.32 Å². The van der Waals surface area contributed by atoms with E-state index >= 15 is 0 Å². The van der Waals surface area contributed by atoms with Gasteiger partial charge in [0.1, 0.15) is 5.60 Å². The highest BCUT2D eigenvalue weighted by Gasteiger charge is 2.16. The fraction of sp³-hybridized carbons (Fsp3) is 0.400. The molecule has 1 N–H and O–H groups in total. The van der Waals surface area contributed by atoms with Gasteiger partial charge in [-0.1, -0.05) is 0 Å². The van der Waals surface area contributed by atoms with Crippen LogP contribution in [0.4, 0.5) is 10.5 Å². The lowest BCUT2D eigenvalue weighted by atomic mass is 10.2. The van der Waals surface area contributed by atoms with Crippen molar-refractivity contribution in [2.24, 2.45) is 0 Å². The number of halogens is 1. The molecule has 1 amide bonds. The Bertz CT molecular complexity index is 361. The number of pyridine rings is 1. The number of ether oxygens (including phenoxy) is 1. The van der Waals surface area contributed by atoms with Gasteiger partial charge in [-0.2, -0.15) is 0 Å². The SMILES string of the molecule is CC(C)(C)OC(=O)Nc1cncc(I)c1. The van der Waals surface area contributed by atoms with Gasteiger partial charge in [0.05, 0.1) is 11.9 Å². The normalized spacial score (nSPS) is 10.9. The molecule has 5 heteroatoms. The number of carbonyl (C=O) groups is 1. The van der Waals surface area contributed by atoms with Crippen molar-refractivity contribution in [3.8, 4) is 0 Å². The molecule has 0 aliphatic carbocycles. The maximum absolute atomic E-state index is 11.4. The molecule has 0 bridgehead atoms. The molecule has 0 spiro atoms. The summed E-state index contributed by atoms with van der Waals surface area (Å²) in [5, 5.41) is 2.61. The van der Waals surface area contributed by atoms with E-state index in [2.05, 4.69) is 32.9 Å². The number of hydrogen-bond donors (Lipinski definition) is 1. The Morgan fingerprint density at radius 2 is 2.13 bits per heavy atom. The molecular weight excluding hydrogens is 307 g/mol. The van der Waals surface area contributed by atoms with Gasteiger partial charge in [0, 0.05) is 9.77 Å². The summed E-state index contributed by atoms with van der Waals surface area (Å²) in [5.74, 6) is 0. The number of carbonyl (C=O) groups excluding carboxylic acids is 1. The van der Waals surface area contributed by atoms with E-state index in [1.54, 1.807) is 12.4 Å². The quantitative estimate of drug-likeness (QED) is 0.809. The van der Waals surface area contributed by atoms with Gasteiger partial charge in [0.2, 0.25) is 0 Å². The zero-order valence-electron chi connectivity index (χ0n) is 8.87. The van der Waals surface area contributed by atoms with Gasteiger partial charge in [0.25, 0.3) is 0 Å². The number of hydrogen-bond acceptors (Lipinski definition) is 3. The van der Waals surface area contributed by atoms with Gasteiger partial charge in [-0.25, -0.2) is 4.79 Å². The van der Waals surface area contributed by atoms with Crippen molar-refractivity contribution < 1.29 is 9.53 Å². The number of anilines is 1. The molecule has 82 valence electrons. The third kappa shape index (κ3) is 4.96. The van der Waals surface area contributed by atoms with Crippen LogP contribution in [0.1, 0.15) is 20.8 Å². The fourth-order valence-electron chi connectivity index (χ4n) is 0.902. The second kappa shape index (κ2) is 4.78. The lowest BCUT2D eigenvalue weighted by molar-refractivity contribution is 0.0636. The smallest absolute Gasteiger partial charge is 0.412 e. The lowest BCUT2D eigenvalue weighted by Crippen LogP contribution is -2.27. The average molecular weight is 320 g/mol. The molecule has 0 saturated carbocycles. The third-order valence-electron chi connectivity index (χ3n) is 1.35. The van der Waals surface area contributed by atoms with E-state index in [0.717, 1.165) is 3.57 Å². The van der Waals surface area contributed by atoms with Crippen LogP contribution in [-0.4, -0.2) is 16.7 Å². The fourth-order valence-corrected chi connectivity index (χ4v) is 1.40. The molecule has 4 nitrogen and oxygen atoms in total. The van der Waals surface area contributed by atoms with Gasteiger partial charge in [-0.15, -0.1) is 0 Å². The van der Waals surface area contributed by atoms with Crippen LogP contribution in [0.25, 0.3) is 0 Å². The number of nitrogens with zero attached hydrogens (tertiary/aromatic N) is 1. The molecule has 0 aliphatic rings. The average Bonchev–Trinajstić information content (AvgIpc) is 1.99. The van der Waals surface area contributed by atoms with Gasteiger partial charge in [-0.05, 0) is 49.4 Å².